The molecule has 11 heteroatoms. The first-order valence-electron chi connectivity index (χ1n) is 13.5. The second-order valence-electron chi connectivity index (χ2n) is 10.7. The third kappa shape index (κ3) is 6.92. The number of nitrogens with zero attached hydrogens (tertiary/aromatic N) is 2. The van der Waals surface area contributed by atoms with E-state index >= 15 is 0 Å². The second-order valence-corrected chi connectivity index (χ2v) is 12.5. The fourth-order valence-corrected chi connectivity index (χ4v) is 6.80. The van der Waals surface area contributed by atoms with E-state index in [-0.39, 0.29) is 31.2 Å². The number of hydrogen-bond donors (Lipinski definition) is 1. The molecule has 5 unspecified atom stereocenters. The second kappa shape index (κ2) is 13.5. The Morgan fingerprint density at radius 2 is 1.79 bits per heavy atom. The monoisotopic (exact) mass is 631 g/mol. The SMILES string of the molecule is CCC(CN(c1ccc(OC)cc1)S(=O)[O-])N1C(=O)C(C)(CC(=O)O)CC(c2cccc(Cl)c2)C1c1ccc(Cl)cc1. The predicted molar refractivity (Wildman–Crippen MR) is 164 cm³/mol. The number of anilines is 1. The minimum absolute atomic E-state index is 0.0415. The Kier molecular flexibility index (Phi) is 10.2. The standard InChI is InChI=1S/C31H34Cl2N2O6S/c1-4-24(19-34(42(39)40)25-12-14-26(41-3)15-13-25)35-29(20-8-10-22(32)11-9-20)27(21-6-5-7-23(33)16-21)17-31(2,30(35)38)18-28(36)37/h5-16,24,27,29H,4,17-19H2,1-3H3,(H,36,37)(H,39,40)/p-1. The van der Waals surface area contributed by atoms with Gasteiger partial charge in [0.25, 0.3) is 0 Å². The lowest BCUT2D eigenvalue weighted by atomic mass is 9.67. The zero-order valence-electron chi connectivity index (χ0n) is 23.5. The topological polar surface area (TPSA) is 110 Å². The van der Waals surface area contributed by atoms with Gasteiger partial charge in [-0.05, 0) is 72.5 Å². The number of carboxylic acids is 1. The van der Waals surface area contributed by atoms with Crippen molar-refractivity contribution < 1.29 is 28.2 Å². The number of aliphatic carboxylic acids is 1. The summed E-state index contributed by atoms with van der Waals surface area (Å²) in [6.07, 6.45) is 0.290. The third-order valence-corrected chi connectivity index (χ3v) is 9.12. The van der Waals surface area contributed by atoms with Gasteiger partial charge in [0.05, 0.1) is 37.6 Å². The molecule has 8 nitrogen and oxygen atoms in total. The van der Waals surface area contributed by atoms with Crippen LogP contribution in [0, 0.1) is 5.41 Å². The van der Waals surface area contributed by atoms with E-state index in [9.17, 15) is 23.5 Å². The van der Waals surface area contributed by atoms with Crippen LogP contribution in [0.1, 0.15) is 56.2 Å². The molecule has 0 radical (unpaired) electrons. The van der Waals surface area contributed by atoms with Gasteiger partial charge in [0.2, 0.25) is 5.91 Å². The van der Waals surface area contributed by atoms with E-state index in [1.54, 1.807) is 54.3 Å². The molecule has 224 valence electrons. The zero-order valence-corrected chi connectivity index (χ0v) is 25.9. The van der Waals surface area contributed by atoms with Gasteiger partial charge < -0.3 is 23.6 Å². The molecule has 3 aromatic carbocycles. The number of piperidine rings is 1. The number of likely N-dealkylation sites (tertiary alicyclic amines) is 1. The molecule has 0 bridgehead atoms. The van der Waals surface area contributed by atoms with Crippen LogP contribution in [0.4, 0.5) is 5.69 Å². The van der Waals surface area contributed by atoms with Gasteiger partial charge in [-0.15, -0.1) is 0 Å². The largest absolute Gasteiger partial charge is 0.755 e. The van der Waals surface area contributed by atoms with E-state index < -0.39 is 34.7 Å². The Balaban J connectivity index is 1.88. The van der Waals surface area contributed by atoms with Crippen LogP contribution in [0.15, 0.2) is 72.8 Å². The average Bonchev–Trinajstić information content (AvgIpc) is 2.95. The van der Waals surface area contributed by atoms with Crippen LogP contribution in [-0.2, 0) is 20.9 Å². The molecular weight excluding hydrogens is 599 g/mol. The minimum Gasteiger partial charge on any atom is -0.755 e. The average molecular weight is 633 g/mol. The van der Waals surface area contributed by atoms with Crippen molar-refractivity contribution in [2.75, 3.05) is 18.0 Å². The van der Waals surface area contributed by atoms with E-state index in [1.165, 1.54) is 11.4 Å². The molecule has 1 N–H and O–H groups in total. The van der Waals surface area contributed by atoms with Crippen molar-refractivity contribution in [3.63, 3.8) is 0 Å². The highest BCUT2D eigenvalue weighted by molar-refractivity contribution is 7.80. The summed E-state index contributed by atoms with van der Waals surface area (Å²) >= 11 is 9.97. The number of hydrogen-bond acceptors (Lipinski definition) is 5. The maximum atomic E-state index is 14.5. The molecule has 1 amide bonds. The van der Waals surface area contributed by atoms with Crippen LogP contribution in [0.25, 0.3) is 0 Å². The van der Waals surface area contributed by atoms with Gasteiger partial charge in [-0.1, -0.05) is 61.3 Å². The van der Waals surface area contributed by atoms with Crippen molar-refractivity contribution in [3.8, 4) is 5.75 Å². The normalized spacial score (nSPS) is 22.0. The first-order chi connectivity index (χ1) is 20.0. The number of ether oxygens (including phenoxy) is 1. The van der Waals surface area contributed by atoms with E-state index in [4.69, 9.17) is 27.9 Å². The van der Waals surface area contributed by atoms with Gasteiger partial charge >= 0.3 is 5.97 Å². The number of carbonyl (C=O) groups is 2. The first kappa shape index (κ1) is 31.8. The van der Waals surface area contributed by atoms with Crippen LogP contribution in [0.5, 0.6) is 5.75 Å². The van der Waals surface area contributed by atoms with Crippen molar-refractivity contribution in [1.29, 1.82) is 0 Å². The quantitative estimate of drug-likeness (QED) is 0.238. The Morgan fingerprint density at radius 1 is 1.12 bits per heavy atom. The molecule has 3 aromatic rings. The molecule has 5 atom stereocenters. The van der Waals surface area contributed by atoms with Crippen LogP contribution in [-0.4, -0.2) is 50.3 Å². The Morgan fingerprint density at radius 3 is 2.33 bits per heavy atom. The molecule has 0 aromatic heterocycles. The summed E-state index contributed by atoms with van der Waals surface area (Å²) in [6.45, 7) is 3.51. The minimum atomic E-state index is -2.66. The van der Waals surface area contributed by atoms with Crippen molar-refractivity contribution in [3.05, 3.63) is 94.0 Å². The third-order valence-electron chi connectivity index (χ3n) is 7.91. The highest BCUT2D eigenvalue weighted by atomic mass is 35.5. The molecule has 1 saturated heterocycles. The summed E-state index contributed by atoms with van der Waals surface area (Å²) in [5, 5.41) is 10.9. The molecular formula is C31H33Cl2N2O6S-. The molecule has 0 spiro atoms. The van der Waals surface area contributed by atoms with Gasteiger partial charge in [-0.25, -0.2) is 0 Å². The molecule has 0 aliphatic carbocycles. The lowest BCUT2D eigenvalue weighted by Gasteiger charge is -2.52. The highest BCUT2D eigenvalue weighted by Gasteiger charge is 2.52. The van der Waals surface area contributed by atoms with Gasteiger partial charge in [0.1, 0.15) is 5.75 Å². The molecule has 0 saturated carbocycles. The summed E-state index contributed by atoms with van der Waals surface area (Å²) in [5.41, 5.74) is 0.810. The smallest absolute Gasteiger partial charge is 0.304 e. The number of halogens is 2. The first-order valence-corrected chi connectivity index (χ1v) is 15.3. The number of carboxylic acid groups (broad SMARTS) is 1. The van der Waals surface area contributed by atoms with Crippen LogP contribution >= 0.6 is 23.2 Å². The van der Waals surface area contributed by atoms with E-state index in [2.05, 4.69) is 0 Å². The Labute approximate surface area is 258 Å². The zero-order chi connectivity index (χ0) is 30.6. The van der Waals surface area contributed by atoms with Crippen LogP contribution in [0.3, 0.4) is 0 Å². The molecule has 1 aliphatic heterocycles. The highest BCUT2D eigenvalue weighted by Crippen LogP contribution is 2.52. The van der Waals surface area contributed by atoms with Crippen molar-refractivity contribution in [1.82, 2.24) is 4.90 Å². The Bertz CT molecular complexity index is 1440. The van der Waals surface area contributed by atoms with Crippen LogP contribution < -0.4 is 9.04 Å². The summed E-state index contributed by atoms with van der Waals surface area (Å²) in [7, 11) is 1.52. The van der Waals surface area contributed by atoms with Crippen molar-refractivity contribution in [2.24, 2.45) is 5.41 Å². The maximum absolute atomic E-state index is 14.5. The molecule has 1 fully saturated rings. The van der Waals surface area contributed by atoms with Crippen molar-refractivity contribution in [2.45, 2.75) is 51.1 Å². The molecule has 1 aliphatic rings. The van der Waals surface area contributed by atoms with E-state index in [1.807, 2.05) is 37.3 Å². The lowest BCUT2D eigenvalue weighted by Crippen LogP contribution is -2.58. The number of carbonyl (C=O) groups excluding carboxylic acids is 1. The molecule has 1 heterocycles. The summed E-state index contributed by atoms with van der Waals surface area (Å²) in [6, 6.07) is 20.0. The number of methoxy groups -OCH3 is 1. The number of benzene rings is 3. The van der Waals surface area contributed by atoms with Gasteiger partial charge in [-0.2, -0.15) is 0 Å². The summed E-state index contributed by atoms with van der Waals surface area (Å²) < 4.78 is 31.5. The summed E-state index contributed by atoms with van der Waals surface area (Å²) in [5.74, 6) is -1.20. The van der Waals surface area contributed by atoms with Gasteiger partial charge in [-0.3, -0.25) is 13.8 Å². The molecule has 42 heavy (non-hydrogen) atoms. The molecule has 4 rings (SSSR count). The lowest BCUT2D eigenvalue weighted by molar-refractivity contribution is -0.160. The fraction of sp³-hybridized carbons (Fsp3) is 0.355. The number of rotatable bonds is 11. The van der Waals surface area contributed by atoms with Crippen LogP contribution in [0.2, 0.25) is 10.0 Å². The van der Waals surface area contributed by atoms with Gasteiger partial charge in [0.15, 0.2) is 0 Å². The predicted octanol–water partition coefficient (Wildman–Crippen LogP) is 6.62. The van der Waals surface area contributed by atoms with Crippen molar-refractivity contribution >= 4 is 52.0 Å². The Hall–Kier alpha value is -3.11. The van der Waals surface area contributed by atoms with E-state index in [0.29, 0.717) is 27.9 Å². The maximum Gasteiger partial charge on any atom is 0.304 e. The van der Waals surface area contributed by atoms with Gasteiger partial charge in [0, 0.05) is 32.9 Å². The number of amides is 1. The summed E-state index contributed by atoms with van der Waals surface area (Å²) in [4.78, 5) is 28.2. The fourth-order valence-electron chi connectivity index (χ4n) is 5.89. The van der Waals surface area contributed by atoms with E-state index in [0.717, 1.165) is 11.1 Å².